The molecule has 0 radical (unpaired) electrons. The van der Waals surface area contributed by atoms with Crippen molar-refractivity contribution >= 4 is 27.7 Å². The molecule has 13 heavy (non-hydrogen) atoms. The zero-order valence-corrected chi connectivity index (χ0v) is 10.2. The molecule has 1 nitrogen and oxygen atoms in total. The number of para-hydroxylation sites is 1. The maximum Gasteiger partial charge on any atom is 0.119 e. The monoisotopic (exact) mass is 260 g/mol. The van der Waals surface area contributed by atoms with Gasteiger partial charge >= 0.3 is 0 Å². The van der Waals surface area contributed by atoms with Gasteiger partial charge in [-0.1, -0.05) is 34.1 Å². The predicted octanol–water partition coefficient (Wildman–Crippen LogP) is 3.54. The Morgan fingerprint density at radius 1 is 1.38 bits per heavy atom. The maximum absolute atomic E-state index is 5.59. The van der Waals surface area contributed by atoms with E-state index in [9.17, 15) is 0 Å². The molecular formula is C10H13BrOS. The topological polar surface area (TPSA) is 9.23 Å². The van der Waals surface area contributed by atoms with Gasteiger partial charge in [0.05, 0.1) is 0 Å². The Morgan fingerprint density at radius 3 is 2.54 bits per heavy atom. The summed E-state index contributed by atoms with van der Waals surface area (Å²) in [5, 5.41) is 0. The summed E-state index contributed by atoms with van der Waals surface area (Å²) in [7, 11) is 0. The zero-order valence-electron chi connectivity index (χ0n) is 7.79. The van der Waals surface area contributed by atoms with Gasteiger partial charge in [0, 0.05) is 0 Å². The van der Waals surface area contributed by atoms with Gasteiger partial charge < -0.3 is 4.74 Å². The highest BCUT2D eigenvalue weighted by molar-refractivity contribution is 9.11. The summed E-state index contributed by atoms with van der Waals surface area (Å²) >= 11 is 5.31. The van der Waals surface area contributed by atoms with Crippen molar-refractivity contribution in [1.29, 1.82) is 0 Å². The third kappa shape index (κ3) is 4.05. The summed E-state index contributed by atoms with van der Waals surface area (Å²) in [6, 6.07) is 9.85. The fourth-order valence-corrected chi connectivity index (χ4v) is 1.08. The van der Waals surface area contributed by atoms with E-state index in [1.807, 2.05) is 30.3 Å². The Kier molecular flexibility index (Phi) is 4.13. The lowest BCUT2D eigenvalue weighted by Gasteiger charge is -2.19. The summed E-state index contributed by atoms with van der Waals surface area (Å²) < 4.78 is 5.60. The number of benzene rings is 1. The van der Waals surface area contributed by atoms with Crippen molar-refractivity contribution in [3.8, 4) is 5.75 Å². The van der Waals surface area contributed by atoms with Crippen LogP contribution >= 0.6 is 27.7 Å². The van der Waals surface area contributed by atoms with Crippen molar-refractivity contribution in [2.45, 2.75) is 10.6 Å². The van der Waals surface area contributed by atoms with Crippen LogP contribution in [0.5, 0.6) is 5.75 Å². The van der Waals surface area contributed by atoms with E-state index in [-0.39, 0.29) is 3.66 Å². The Morgan fingerprint density at radius 2 is 2.00 bits per heavy atom. The van der Waals surface area contributed by atoms with Crippen molar-refractivity contribution in [3.63, 3.8) is 0 Å². The Balaban J connectivity index is 2.44. The van der Waals surface area contributed by atoms with Crippen LogP contribution in [-0.4, -0.2) is 16.5 Å². The number of thioether (sulfide) groups is 1. The largest absolute Gasteiger partial charge is 0.491 e. The summed E-state index contributed by atoms with van der Waals surface area (Å²) in [6.07, 6.45) is 2.06. The third-order valence-electron chi connectivity index (χ3n) is 1.67. The van der Waals surface area contributed by atoms with E-state index < -0.39 is 0 Å². The number of alkyl halides is 1. The normalized spacial score (nSPS) is 15.0. The lowest BCUT2D eigenvalue weighted by Crippen LogP contribution is -2.20. The Bertz CT molecular complexity index is 248. The minimum Gasteiger partial charge on any atom is -0.491 e. The predicted molar refractivity (Wildman–Crippen MR) is 62.8 cm³/mol. The molecule has 0 bridgehead atoms. The van der Waals surface area contributed by atoms with E-state index in [0.717, 1.165) is 5.75 Å². The molecule has 0 aliphatic heterocycles. The highest BCUT2D eigenvalue weighted by Gasteiger charge is 2.18. The second-order valence-electron chi connectivity index (χ2n) is 2.91. The number of ether oxygens (including phenoxy) is 1. The fraction of sp³-hybridized carbons (Fsp3) is 0.400. The molecule has 72 valence electrons. The molecule has 0 heterocycles. The summed E-state index contributed by atoms with van der Waals surface area (Å²) in [5.41, 5.74) is 0. The molecule has 0 saturated carbocycles. The van der Waals surface area contributed by atoms with Gasteiger partial charge in [0.25, 0.3) is 0 Å². The van der Waals surface area contributed by atoms with Gasteiger partial charge in [-0.25, -0.2) is 0 Å². The standard InChI is InChI=1S/C10H13BrOS/c1-10(11,13-2)8-12-9-6-4-3-5-7-9/h3-7H,8H2,1-2H3. The molecule has 0 aliphatic carbocycles. The van der Waals surface area contributed by atoms with Gasteiger partial charge in [-0.2, -0.15) is 0 Å². The van der Waals surface area contributed by atoms with E-state index in [1.54, 1.807) is 11.8 Å². The van der Waals surface area contributed by atoms with Crippen LogP contribution in [0.25, 0.3) is 0 Å². The smallest absolute Gasteiger partial charge is 0.119 e. The number of hydrogen-bond acceptors (Lipinski definition) is 2. The number of rotatable bonds is 4. The molecule has 1 aromatic carbocycles. The van der Waals surface area contributed by atoms with Crippen LogP contribution in [0, 0.1) is 0 Å². The first-order chi connectivity index (χ1) is 6.14. The van der Waals surface area contributed by atoms with E-state index in [4.69, 9.17) is 4.74 Å². The van der Waals surface area contributed by atoms with Crippen LogP contribution in [-0.2, 0) is 0 Å². The molecular weight excluding hydrogens is 248 g/mol. The van der Waals surface area contributed by atoms with Crippen LogP contribution in [0.1, 0.15) is 6.92 Å². The van der Waals surface area contributed by atoms with E-state index in [1.165, 1.54) is 0 Å². The van der Waals surface area contributed by atoms with Crippen LogP contribution < -0.4 is 4.74 Å². The summed E-state index contributed by atoms with van der Waals surface area (Å²) in [4.78, 5) is 0. The summed E-state index contributed by atoms with van der Waals surface area (Å²) in [5.74, 6) is 0.919. The van der Waals surface area contributed by atoms with E-state index in [2.05, 4.69) is 29.1 Å². The molecule has 3 heteroatoms. The van der Waals surface area contributed by atoms with Crippen molar-refractivity contribution in [1.82, 2.24) is 0 Å². The molecule has 0 N–H and O–H groups in total. The molecule has 0 spiro atoms. The molecule has 1 rings (SSSR count). The highest BCUT2D eigenvalue weighted by atomic mass is 79.9. The van der Waals surface area contributed by atoms with Gasteiger partial charge in [-0.05, 0) is 25.3 Å². The van der Waals surface area contributed by atoms with Gasteiger partial charge in [0.2, 0.25) is 0 Å². The second kappa shape index (κ2) is 4.91. The number of hydrogen-bond donors (Lipinski definition) is 0. The lowest BCUT2D eigenvalue weighted by atomic mass is 10.3. The first kappa shape index (κ1) is 10.9. The van der Waals surface area contributed by atoms with Crippen molar-refractivity contribution in [2.75, 3.05) is 12.9 Å². The average molecular weight is 261 g/mol. The summed E-state index contributed by atoms with van der Waals surface area (Å²) in [6.45, 7) is 2.76. The van der Waals surface area contributed by atoms with Gasteiger partial charge in [-0.15, -0.1) is 11.8 Å². The zero-order chi connectivity index (χ0) is 9.73. The second-order valence-corrected chi connectivity index (χ2v) is 6.49. The molecule has 0 amide bonds. The Hall–Kier alpha value is -0.150. The molecule has 1 unspecified atom stereocenters. The number of halogens is 1. The molecule has 1 aromatic rings. The highest BCUT2D eigenvalue weighted by Crippen LogP contribution is 2.29. The average Bonchev–Trinajstić information content (AvgIpc) is 2.17. The lowest BCUT2D eigenvalue weighted by molar-refractivity contribution is 0.315. The van der Waals surface area contributed by atoms with E-state index in [0.29, 0.717) is 6.61 Å². The van der Waals surface area contributed by atoms with Crippen LogP contribution in [0.15, 0.2) is 30.3 Å². The van der Waals surface area contributed by atoms with Gasteiger partial charge in [-0.3, -0.25) is 0 Å². The minimum atomic E-state index is 0.00282. The molecule has 0 aromatic heterocycles. The van der Waals surface area contributed by atoms with Crippen molar-refractivity contribution < 1.29 is 4.74 Å². The van der Waals surface area contributed by atoms with Gasteiger partial charge in [0.15, 0.2) is 0 Å². The van der Waals surface area contributed by atoms with Crippen molar-refractivity contribution in [3.05, 3.63) is 30.3 Å². The van der Waals surface area contributed by atoms with Crippen LogP contribution in [0.4, 0.5) is 0 Å². The van der Waals surface area contributed by atoms with Gasteiger partial charge in [0.1, 0.15) is 16.0 Å². The maximum atomic E-state index is 5.59. The fourth-order valence-electron chi connectivity index (χ4n) is 0.788. The Labute approximate surface area is 92.0 Å². The van der Waals surface area contributed by atoms with Crippen molar-refractivity contribution in [2.24, 2.45) is 0 Å². The molecule has 0 saturated heterocycles. The minimum absolute atomic E-state index is 0.00282. The van der Waals surface area contributed by atoms with Crippen LogP contribution in [0.3, 0.4) is 0 Å². The van der Waals surface area contributed by atoms with E-state index >= 15 is 0 Å². The molecule has 1 atom stereocenters. The molecule has 0 aliphatic rings. The first-order valence-electron chi connectivity index (χ1n) is 4.06. The SMILES string of the molecule is CSC(C)(Br)COc1ccccc1. The third-order valence-corrected chi connectivity index (χ3v) is 3.83. The van der Waals surface area contributed by atoms with Crippen LogP contribution in [0.2, 0.25) is 0 Å². The first-order valence-corrected chi connectivity index (χ1v) is 6.08. The molecule has 0 fully saturated rings. The quantitative estimate of drug-likeness (QED) is 0.767.